The first-order valence-electron chi connectivity index (χ1n) is 3.06. The van der Waals surface area contributed by atoms with Crippen LogP contribution in [0, 0.1) is 0 Å². The van der Waals surface area contributed by atoms with Gasteiger partial charge in [0.25, 0.3) is 0 Å². The smallest absolute Gasteiger partial charge is 0.242 e. The molecule has 0 aliphatic heterocycles. The van der Waals surface area contributed by atoms with Crippen LogP contribution in [0.15, 0.2) is 17.3 Å². The van der Waals surface area contributed by atoms with Crippen molar-refractivity contribution in [3.05, 3.63) is 17.3 Å². The highest BCUT2D eigenvalue weighted by molar-refractivity contribution is 6.34. The number of hydrogen-bond donors (Lipinski definition) is 0. The molecule has 0 saturated carbocycles. The van der Waals surface area contributed by atoms with Gasteiger partial charge in [0.05, 0.1) is 7.11 Å². The molecule has 0 atom stereocenters. The number of aromatic nitrogens is 1. The van der Waals surface area contributed by atoms with Crippen molar-refractivity contribution in [1.82, 2.24) is 4.98 Å². The van der Waals surface area contributed by atoms with Crippen LogP contribution in [0.2, 0.25) is 5.02 Å². The Labute approximate surface area is 73.9 Å². The van der Waals surface area contributed by atoms with E-state index in [1.54, 1.807) is 6.07 Å². The molecule has 12 heavy (non-hydrogen) atoms. The van der Waals surface area contributed by atoms with Crippen molar-refractivity contribution in [3.63, 3.8) is 0 Å². The zero-order valence-electron chi connectivity index (χ0n) is 6.24. The van der Waals surface area contributed by atoms with Crippen molar-refractivity contribution in [3.8, 4) is 5.75 Å². The van der Waals surface area contributed by atoms with Gasteiger partial charge in [0.15, 0.2) is 5.82 Å². The Morgan fingerprint density at radius 1 is 1.75 bits per heavy atom. The normalized spacial score (nSPS) is 8.83. The van der Waals surface area contributed by atoms with Crippen LogP contribution >= 0.6 is 11.6 Å². The first-order valence-corrected chi connectivity index (χ1v) is 3.43. The lowest BCUT2D eigenvalue weighted by Gasteiger charge is -2.01. The van der Waals surface area contributed by atoms with E-state index in [2.05, 4.69) is 9.98 Å². The zero-order chi connectivity index (χ0) is 8.97. The largest absolute Gasteiger partial charge is 0.495 e. The van der Waals surface area contributed by atoms with Crippen LogP contribution < -0.4 is 4.74 Å². The quantitative estimate of drug-likeness (QED) is 0.519. The minimum Gasteiger partial charge on any atom is -0.495 e. The summed E-state index contributed by atoms with van der Waals surface area (Å²) in [7, 11) is 1.47. The van der Waals surface area contributed by atoms with Crippen LogP contribution in [0.3, 0.4) is 0 Å². The molecule has 0 fully saturated rings. The molecule has 1 aromatic rings. The van der Waals surface area contributed by atoms with Crippen LogP contribution in [0.5, 0.6) is 5.75 Å². The van der Waals surface area contributed by atoms with E-state index in [4.69, 9.17) is 16.3 Å². The molecular weight excluding hydrogens is 180 g/mol. The van der Waals surface area contributed by atoms with Crippen LogP contribution in [-0.4, -0.2) is 18.2 Å². The SMILES string of the molecule is COc1ccnc(N=C=O)c1Cl. The fraction of sp³-hybridized carbons (Fsp3) is 0.143. The third kappa shape index (κ3) is 1.61. The Balaban J connectivity index is 3.22. The summed E-state index contributed by atoms with van der Waals surface area (Å²) in [6.07, 6.45) is 2.79. The number of pyridine rings is 1. The summed E-state index contributed by atoms with van der Waals surface area (Å²) in [6.45, 7) is 0. The summed E-state index contributed by atoms with van der Waals surface area (Å²) in [6, 6.07) is 1.58. The molecule has 5 heteroatoms. The second-order valence-electron chi connectivity index (χ2n) is 1.85. The van der Waals surface area contributed by atoms with Crippen molar-refractivity contribution >= 4 is 23.5 Å². The van der Waals surface area contributed by atoms with Crippen molar-refractivity contribution in [2.24, 2.45) is 4.99 Å². The molecule has 0 radical (unpaired) electrons. The lowest BCUT2D eigenvalue weighted by molar-refractivity contribution is 0.414. The molecule has 0 spiro atoms. The molecule has 0 aliphatic carbocycles. The highest BCUT2D eigenvalue weighted by atomic mass is 35.5. The second kappa shape index (κ2) is 3.85. The Bertz CT molecular complexity index is 334. The minimum absolute atomic E-state index is 0.117. The zero-order valence-corrected chi connectivity index (χ0v) is 7.00. The van der Waals surface area contributed by atoms with E-state index < -0.39 is 0 Å². The number of isocyanates is 1. The predicted octanol–water partition coefficient (Wildman–Crippen LogP) is 1.71. The maximum Gasteiger partial charge on any atom is 0.242 e. The van der Waals surface area contributed by atoms with E-state index in [-0.39, 0.29) is 10.8 Å². The van der Waals surface area contributed by atoms with E-state index in [0.717, 1.165) is 0 Å². The third-order valence-corrected chi connectivity index (χ3v) is 1.56. The average Bonchev–Trinajstić information content (AvgIpc) is 2.09. The molecular formula is C7H5ClN2O2. The van der Waals surface area contributed by atoms with Gasteiger partial charge < -0.3 is 4.74 Å². The van der Waals surface area contributed by atoms with Gasteiger partial charge in [-0.15, -0.1) is 4.99 Å². The number of rotatable bonds is 2. The van der Waals surface area contributed by atoms with E-state index in [9.17, 15) is 4.79 Å². The Morgan fingerprint density at radius 2 is 2.50 bits per heavy atom. The molecule has 0 bridgehead atoms. The van der Waals surface area contributed by atoms with Gasteiger partial charge in [-0.1, -0.05) is 11.6 Å². The van der Waals surface area contributed by atoms with Crippen LogP contribution in [0.1, 0.15) is 0 Å². The molecule has 0 amide bonds. The lowest BCUT2D eigenvalue weighted by atomic mass is 10.4. The number of aliphatic imine (C=N–C) groups is 1. The van der Waals surface area contributed by atoms with Crippen molar-refractivity contribution in [2.75, 3.05) is 7.11 Å². The second-order valence-corrected chi connectivity index (χ2v) is 2.23. The molecule has 0 aromatic carbocycles. The summed E-state index contributed by atoms with van der Waals surface area (Å²) >= 11 is 5.73. The first-order chi connectivity index (χ1) is 5.79. The van der Waals surface area contributed by atoms with Gasteiger partial charge in [0, 0.05) is 12.3 Å². The summed E-state index contributed by atoms with van der Waals surface area (Å²) in [5.74, 6) is 0.548. The maximum atomic E-state index is 9.89. The van der Waals surface area contributed by atoms with Gasteiger partial charge in [-0.25, -0.2) is 9.78 Å². The van der Waals surface area contributed by atoms with Crippen LogP contribution in [0.25, 0.3) is 0 Å². The minimum atomic E-state index is 0.117. The molecule has 4 nitrogen and oxygen atoms in total. The monoisotopic (exact) mass is 184 g/mol. The molecule has 0 aliphatic rings. The summed E-state index contributed by atoms with van der Waals surface area (Å²) < 4.78 is 4.87. The lowest BCUT2D eigenvalue weighted by Crippen LogP contribution is -1.85. The first kappa shape index (κ1) is 8.71. The van der Waals surface area contributed by atoms with Gasteiger partial charge in [0.2, 0.25) is 6.08 Å². The van der Waals surface area contributed by atoms with Gasteiger partial charge in [0.1, 0.15) is 10.8 Å². The Kier molecular flexibility index (Phi) is 2.80. The molecule has 0 N–H and O–H groups in total. The van der Waals surface area contributed by atoms with Gasteiger partial charge in [-0.3, -0.25) is 0 Å². The predicted molar refractivity (Wildman–Crippen MR) is 43.6 cm³/mol. The molecule has 1 heterocycles. The average molecular weight is 185 g/mol. The van der Waals surface area contributed by atoms with Gasteiger partial charge in [-0.05, 0) is 0 Å². The molecule has 1 aromatic heterocycles. The van der Waals surface area contributed by atoms with Gasteiger partial charge >= 0.3 is 0 Å². The van der Waals surface area contributed by atoms with Crippen molar-refractivity contribution in [2.45, 2.75) is 0 Å². The molecule has 1 rings (SSSR count). The summed E-state index contributed by atoms with van der Waals surface area (Å²) in [5, 5.41) is 0.211. The van der Waals surface area contributed by atoms with Gasteiger partial charge in [-0.2, -0.15) is 0 Å². The number of nitrogens with zero attached hydrogens (tertiary/aromatic N) is 2. The number of halogens is 1. The number of ether oxygens (including phenoxy) is 1. The molecule has 0 saturated heterocycles. The highest BCUT2D eigenvalue weighted by Gasteiger charge is 2.05. The van der Waals surface area contributed by atoms with Crippen molar-refractivity contribution in [1.29, 1.82) is 0 Å². The maximum absolute atomic E-state index is 9.89. The van der Waals surface area contributed by atoms with E-state index in [1.165, 1.54) is 19.4 Å². The fourth-order valence-corrected chi connectivity index (χ4v) is 0.926. The summed E-state index contributed by atoms with van der Waals surface area (Å²) in [4.78, 5) is 16.9. The number of carbonyl (C=O) groups excluding carboxylic acids is 1. The number of hydrogen-bond acceptors (Lipinski definition) is 4. The number of methoxy groups -OCH3 is 1. The standard InChI is InChI=1S/C7H5ClN2O2/c1-12-5-2-3-9-7(6(5)8)10-4-11/h2-3H,1H3. The summed E-state index contributed by atoms with van der Waals surface area (Å²) in [5.41, 5.74) is 0. The van der Waals surface area contributed by atoms with Crippen molar-refractivity contribution < 1.29 is 9.53 Å². The molecule has 62 valence electrons. The highest BCUT2D eigenvalue weighted by Crippen LogP contribution is 2.30. The fourth-order valence-electron chi connectivity index (χ4n) is 0.694. The van der Waals surface area contributed by atoms with E-state index in [0.29, 0.717) is 5.75 Å². The van der Waals surface area contributed by atoms with Crippen LogP contribution in [0.4, 0.5) is 5.82 Å². The topological polar surface area (TPSA) is 51.6 Å². The van der Waals surface area contributed by atoms with E-state index >= 15 is 0 Å². The Morgan fingerprint density at radius 3 is 3.08 bits per heavy atom. The third-order valence-electron chi connectivity index (χ3n) is 1.21. The van der Waals surface area contributed by atoms with E-state index in [1.807, 2.05) is 0 Å². The molecule has 0 unspecified atom stereocenters. The van der Waals surface area contributed by atoms with Crippen LogP contribution in [-0.2, 0) is 4.79 Å². The Hall–Kier alpha value is -1.38.